The lowest BCUT2D eigenvalue weighted by atomic mass is 10.1. The van der Waals surface area contributed by atoms with Gasteiger partial charge < -0.3 is 10.1 Å². The molecule has 0 atom stereocenters. The van der Waals surface area contributed by atoms with Gasteiger partial charge in [-0.15, -0.1) is 10.2 Å². The molecule has 0 unspecified atom stereocenters. The molecule has 8 heteroatoms. The van der Waals surface area contributed by atoms with Crippen molar-refractivity contribution in [2.45, 2.75) is 18.5 Å². The highest BCUT2D eigenvalue weighted by Crippen LogP contribution is 2.29. The number of nitrogens with zero attached hydrogens (tertiary/aromatic N) is 3. The second-order valence-corrected chi connectivity index (χ2v) is 8.61. The van der Waals surface area contributed by atoms with E-state index in [1.54, 1.807) is 31.4 Å². The van der Waals surface area contributed by atoms with Crippen LogP contribution in [0.25, 0.3) is 17.1 Å². The normalized spacial score (nSPS) is 10.8. The maximum atomic E-state index is 12.6. The number of hydrogen-bond acceptors (Lipinski definition) is 5. The van der Waals surface area contributed by atoms with E-state index in [-0.39, 0.29) is 11.7 Å². The van der Waals surface area contributed by atoms with Gasteiger partial charge in [-0.05, 0) is 72.6 Å². The Hall–Kier alpha value is -3.29. The molecule has 1 amide bonds. The minimum absolute atomic E-state index is 0.130. The Balaban J connectivity index is 1.57. The summed E-state index contributed by atoms with van der Waals surface area (Å²) < 4.78 is 7.12. The molecule has 0 aliphatic heterocycles. The summed E-state index contributed by atoms with van der Waals surface area (Å²) in [5, 5.41) is 13.0. The van der Waals surface area contributed by atoms with Crippen molar-refractivity contribution >= 4 is 35.0 Å². The molecule has 0 saturated heterocycles. The van der Waals surface area contributed by atoms with Gasteiger partial charge in [-0.3, -0.25) is 9.36 Å². The van der Waals surface area contributed by atoms with Gasteiger partial charge in [0.15, 0.2) is 11.0 Å². The first-order chi connectivity index (χ1) is 16.1. The summed E-state index contributed by atoms with van der Waals surface area (Å²) in [7, 11) is 1.61. The van der Waals surface area contributed by atoms with Gasteiger partial charge >= 0.3 is 0 Å². The first kappa shape index (κ1) is 22.9. The molecule has 1 N–H and O–H groups in total. The zero-order valence-electron chi connectivity index (χ0n) is 18.3. The Morgan fingerprint density at radius 1 is 1.00 bits per heavy atom. The summed E-state index contributed by atoms with van der Waals surface area (Å²) in [6.45, 7) is 2.12. The molecule has 4 rings (SSSR count). The molecule has 0 bridgehead atoms. The Kier molecular flexibility index (Phi) is 7.32. The largest absolute Gasteiger partial charge is 0.497 e. The van der Waals surface area contributed by atoms with Crippen LogP contribution < -0.4 is 10.1 Å². The Labute approximate surface area is 202 Å². The molecule has 1 aromatic heterocycles. The number of halogens is 1. The minimum atomic E-state index is -0.130. The van der Waals surface area contributed by atoms with E-state index < -0.39 is 0 Å². The van der Waals surface area contributed by atoms with Crippen LogP contribution in [0.4, 0.5) is 5.69 Å². The number of anilines is 1. The fraction of sp³-hybridized carbons (Fsp3) is 0.160. The van der Waals surface area contributed by atoms with Gasteiger partial charge in [0.05, 0.1) is 12.9 Å². The number of benzene rings is 3. The van der Waals surface area contributed by atoms with Crippen LogP contribution in [0.1, 0.15) is 12.5 Å². The van der Waals surface area contributed by atoms with Crippen molar-refractivity contribution < 1.29 is 9.53 Å². The molecule has 0 radical (unpaired) electrons. The molecule has 0 fully saturated rings. The topological polar surface area (TPSA) is 69.0 Å². The number of carbonyl (C=O) groups is 1. The number of amides is 1. The maximum absolute atomic E-state index is 12.6. The lowest BCUT2D eigenvalue weighted by Gasteiger charge is -2.11. The predicted octanol–water partition coefficient (Wildman–Crippen LogP) is 5.89. The van der Waals surface area contributed by atoms with Crippen molar-refractivity contribution in [2.75, 3.05) is 18.2 Å². The number of rotatable bonds is 8. The third kappa shape index (κ3) is 5.56. The maximum Gasteiger partial charge on any atom is 0.234 e. The molecular weight excluding hydrogens is 456 g/mol. The Morgan fingerprint density at radius 3 is 2.33 bits per heavy atom. The minimum Gasteiger partial charge on any atom is -0.497 e. The fourth-order valence-corrected chi connectivity index (χ4v) is 4.14. The van der Waals surface area contributed by atoms with Gasteiger partial charge in [0, 0.05) is 22.0 Å². The van der Waals surface area contributed by atoms with Crippen molar-refractivity contribution in [3.05, 3.63) is 83.4 Å². The average Bonchev–Trinajstić information content (AvgIpc) is 3.27. The molecule has 0 saturated carbocycles. The molecule has 0 spiro atoms. The number of carbonyl (C=O) groups excluding carboxylic acids is 1. The summed E-state index contributed by atoms with van der Waals surface area (Å²) in [5.74, 6) is 1.49. The van der Waals surface area contributed by atoms with Crippen molar-refractivity contribution in [3.63, 3.8) is 0 Å². The zero-order valence-corrected chi connectivity index (χ0v) is 19.9. The molecule has 4 aromatic rings. The van der Waals surface area contributed by atoms with E-state index in [0.29, 0.717) is 21.7 Å². The summed E-state index contributed by atoms with van der Waals surface area (Å²) in [5.41, 5.74) is 3.77. The SMILES string of the molecule is CCc1ccc(-n2c(SCC(=O)Nc3ccc(OC)cc3)nnc2-c2ccc(Cl)cc2)cc1. The van der Waals surface area contributed by atoms with E-state index in [0.717, 1.165) is 23.4 Å². The second-order valence-electron chi connectivity index (χ2n) is 7.23. The van der Waals surface area contributed by atoms with Crippen LogP contribution in [-0.4, -0.2) is 33.5 Å². The van der Waals surface area contributed by atoms with E-state index >= 15 is 0 Å². The van der Waals surface area contributed by atoms with Crippen molar-refractivity contribution in [1.82, 2.24) is 14.8 Å². The summed E-state index contributed by atoms with van der Waals surface area (Å²) in [6.07, 6.45) is 0.958. The predicted molar refractivity (Wildman–Crippen MR) is 134 cm³/mol. The fourth-order valence-electron chi connectivity index (χ4n) is 3.26. The standard InChI is InChI=1S/C25H23ClN4O2S/c1-3-17-4-12-21(13-5-17)30-24(18-6-8-19(26)9-7-18)28-29-25(30)33-16-23(31)27-20-10-14-22(32-2)15-11-20/h4-15H,3,16H2,1-2H3,(H,27,31). The van der Waals surface area contributed by atoms with E-state index in [2.05, 4.69) is 34.6 Å². The third-order valence-corrected chi connectivity index (χ3v) is 6.23. The molecule has 0 aliphatic carbocycles. The van der Waals surface area contributed by atoms with E-state index in [4.69, 9.17) is 16.3 Å². The Bertz CT molecular complexity index is 1220. The van der Waals surface area contributed by atoms with Crippen molar-refractivity contribution in [2.24, 2.45) is 0 Å². The van der Waals surface area contributed by atoms with Crippen LogP contribution >= 0.6 is 23.4 Å². The molecular formula is C25H23ClN4O2S. The van der Waals surface area contributed by atoms with Gasteiger partial charge in [-0.1, -0.05) is 42.4 Å². The number of aryl methyl sites for hydroxylation is 1. The first-order valence-corrected chi connectivity index (χ1v) is 11.8. The Morgan fingerprint density at radius 2 is 1.70 bits per heavy atom. The number of thioether (sulfide) groups is 1. The lowest BCUT2D eigenvalue weighted by molar-refractivity contribution is -0.113. The van der Waals surface area contributed by atoms with Crippen molar-refractivity contribution in [3.8, 4) is 22.8 Å². The van der Waals surface area contributed by atoms with Crippen LogP contribution in [0.5, 0.6) is 5.75 Å². The van der Waals surface area contributed by atoms with Crippen LogP contribution in [-0.2, 0) is 11.2 Å². The lowest BCUT2D eigenvalue weighted by Crippen LogP contribution is -2.14. The highest BCUT2D eigenvalue weighted by atomic mass is 35.5. The molecule has 6 nitrogen and oxygen atoms in total. The molecule has 3 aromatic carbocycles. The van der Waals surface area contributed by atoms with Gasteiger partial charge in [0.1, 0.15) is 5.75 Å². The van der Waals surface area contributed by atoms with E-state index in [1.165, 1.54) is 17.3 Å². The monoisotopic (exact) mass is 478 g/mol. The molecule has 33 heavy (non-hydrogen) atoms. The van der Waals surface area contributed by atoms with Gasteiger partial charge in [0.25, 0.3) is 0 Å². The first-order valence-electron chi connectivity index (χ1n) is 10.4. The molecule has 1 heterocycles. The number of nitrogens with one attached hydrogen (secondary N) is 1. The van der Waals surface area contributed by atoms with Crippen LogP contribution in [0, 0.1) is 0 Å². The quantitative estimate of drug-likeness (QED) is 0.320. The summed E-state index contributed by atoms with van der Waals surface area (Å²) in [4.78, 5) is 12.6. The number of hydrogen-bond donors (Lipinski definition) is 1. The average molecular weight is 479 g/mol. The van der Waals surface area contributed by atoms with Crippen molar-refractivity contribution in [1.29, 1.82) is 0 Å². The van der Waals surface area contributed by atoms with Gasteiger partial charge in [-0.25, -0.2) is 0 Å². The molecule has 168 valence electrons. The number of aromatic nitrogens is 3. The highest BCUT2D eigenvalue weighted by molar-refractivity contribution is 7.99. The van der Waals surface area contributed by atoms with Gasteiger partial charge in [0.2, 0.25) is 5.91 Å². The summed E-state index contributed by atoms with van der Waals surface area (Å²) in [6, 6.07) is 23.0. The van der Waals surface area contributed by atoms with Crippen LogP contribution in [0.15, 0.2) is 78.0 Å². The molecule has 0 aliphatic rings. The smallest absolute Gasteiger partial charge is 0.234 e. The van der Waals surface area contributed by atoms with Gasteiger partial charge in [-0.2, -0.15) is 0 Å². The highest BCUT2D eigenvalue weighted by Gasteiger charge is 2.17. The van der Waals surface area contributed by atoms with E-state index in [9.17, 15) is 4.79 Å². The van der Waals surface area contributed by atoms with E-state index in [1.807, 2.05) is 41.0 Å². The second kappa shape index (κ2) is 10.6. The zero-order chi connectivity index (χ0) is 23.2. The third-order valence-electron chi connectivity index (χ3n) is 5.04. The van der Waals surface area contributed by atoms with Crippen LogP contribution in [0.2, 0.25) is 5.02 Å². The summed E-state index contributed by atoms with van der Waals surface area (Å²) >= 11 is 7.40. The number of ether oxygens (including phenoxy) is 1. The van der Waals surface area contributed by atoms with Crippen LogP contribution in [0.3, 0.4) is 0 Å². The number of methoxy groups -OCH3 is 1.